The number of nitrogens with one attached hydrogen (secondary N) is 3. The third kappa shape index (κ3) is 4.99. The summed E-state index contributed by atoms with van der Waals surface area (Å²) in [6, 6.07) is 14.6. The second-order valence-corrected chi connectivity index (χ2v) is 8.24. The Kier molecular flexibility index (Phi) is 6.84. The molecule has 9 heteroatoms. The van der Waals surface area contributed by atoms with Gasteiger partial charge in [-0.05, 0) is 55.0 Å². The number of aromatic nitrogens is 2. The highest BCUT2D eigenvalue weighted by molar-refractivity contribution is 6.36. The second kappa shape index (κ2) is 9.77. The van der Waals surface area contributed by atoms with Gasteiger partial charge in [0.2, 0.25) is 0 Å². The van der Waals surface area contributed by atoms with E-state index < -0.39 is 0 Å². The normalized spacial score (nSPS) is 11.0. The van der Waals surface area contributed by atoms with Crippen molar-refractivity contribution in [1.29, 1.82) is 0 Å². The number of hydrogen-bond acceptors (Lipinski definition) is 4. The first-order valence-corrected chi connectivity index (χ1v) is 11.0. The Morgan fingerprint density at radius 1 is 0.906 bits per heavy atom. The molecule has 32 heavy (non-hydrogen) atoms. The largest absolute Gasteiger partial charge is 0.490 e. The number of ether oxygens (including phenoxy) is 2. The molecule has 0 aliphatic carbocycles. The van der Waals surface area contributed by atoms with Gasteiger partial charge in [0.25, 0.3) is 0 Å². The molecule has 1 heterocycles. The average Bonchev–Trinajstić information content (AvgIpc) is 3.13. The van der Waals surface area contributed by atoms with Crippen molar-refractivity contribution in [2.45, 2.75) is 20.1 Å². The van der Waals surface area contributed by atoms with E-state index in [0.29, 0.717) is 45.3 Å². The molecule has 0 fully saturated rings. The van der Waals surface area contributed by atoms with Gasteiger partial charge in [-0.3, -0.25) is 0 Å². The maximum Gasteiger partial charge on any atom is 0.323 e. The summed E-state index contributed by atoms with van der Waals surface area (Å²) in [6.07, 6.45) is 0. The number of hydrogen-bond donors (Lipinski definition) is 3. The quantitative estimate of drug-likeness (QED) is 0.266. The summed E-state index contributed by atoms with van der Waals surface area (Å²) in [5.41, 5.74) is 3.69. The van der Waals surface area contributed by atoms with Crippen molar-refractivity contribution in [2.24, 2.45) is 0 Å². The number of anilines is 1. The first kappa shape index (κ1) is 22.4. The predicted molar refractivity (Wildman–Crippen MR) is 130 cm³/mol. The summed E-state index contributed by atoms with van der Waals surface area (Å²) in [5, 5.41) is 4.79. The van der Waals surface area contributed by atoms with E-state index in [4.69, 9.17) is 44.3 Å². The molecule has 6 nitrogen and oxygen atoms in total. The van der Waals surface area contributed by atoms with E-state index in [-0.39, 0.29) is 12.3 Å². The zero-order chi connectivity index (χ0) is 22.7. The van der Waals surface area contributed by atoms with Crippen LogP contribution in [0.3, 0.4) is 0 Å². The van der Waals surface area contributed by atoms with Crippen LogP contribution in [0.15, 0.2) is 53.3 Å². The molecule has 0 bridgehead atoms. The number of rotatable bonds is 8. The predicted octanol–water partition coefficient (Wildman–Crippen LogP) is 6.41. The molecule has 0 aliphatic rings. The third-order valence-electron chi connectivity index (χ3n) is 4.80. The molecule has 0 aliphatic heterocycles. The molecule has 1 aromatic heterocycles. The molecular weight excluding hydrogens is 473 g/mol. The van der Waals surface area contributed by atoms with Crippen molar-refractivity contribution >= 4 is 51.5 Å². The Bertz CT molecular complexity index is 1300. The monoisotopic (exact) mass is 491 g/mol. The molecule has 0 spiro atoms. The Balaban J connectivity index is 1.52. The summed E-state index contributed by atoms with van der Waals surface area (Å²) in [6.45, 7) is 3.00. The minimum absolute atomic E-state index is 0.158. The standard InChI is InChI=1S/C23H20Cl3N3O3/c1-2-31-21-9-13(11-27-14-6-7-19-20(10-14)29-23(30)28-19)8-18(26)22(21)32-12-15-16(24)4-3-5-17(15)25/h3-10,27H,2,11-12H2,1H3,(H2,28,29,30). The first-order valence-electron chi connectivity index (χ1n) is 9.91. The maximum atomic E-state index is 11.4. The topological polar surface area (TPSA) is 79.1 Å². The number of fused-ring (bicyclic) bond motifs is 1. The third-order valence-corrected chi connectivity index (χ3v) is 5.79. The zero-order valence-electron chi connectivity index (χ0n) is 17.1. The number of halogens is 3. The maximum absolute atomic E-state index is 11.4. The molecule has 3 aromatic carbocycles. The van der Waals surface area contributed by atoms with Gasteiger partial charge in [-0.2, -0.15) is 0 Å². The van der Waals surface area contributed by atoms with Crippen molar-refractivity contribution in [1.82, 2.24) is 9.97 Å². The number of aromatic amines is 2. The van der Waals surface area contributed by atoms with Gasteiger partial charge in [0, 0.05) is 27.8 Å². The summed E-state index contributed by atoms with van der Waals surface area (Å²) in [7, 11) is 0. The van der Waals surface area contributed by atoms with Crippen LogP contribution in [0, 0.1) is 0 Å². The van der Waals surface area contributed by atoms with Crippen LogP contribution in [0.2, 0.25) is 15.1 Å². The van der Waals surface area contributed by atoms with Gasteiger partial charge in [0.1, 0.15) is 6.61 Å². The van der Waals surface area contributed by atoms with E-state index in [0.717, 1.165) is 22.3 Å². The zero-order valence-corrected chi connectivity index (χ0v) is 19.4. The van der Waals surface area contributed by atoms with E-state index in [1.165, 1.54) is 0 Å². The highest BCUT2D eigenvalue weighted by Crippen LogP contribution is 2.38. The Morgan fingerprint density at radius 3 is 2.41 bits per heavy atom. The average molecular weight is 493 g/mol. The summed E-state index contributed by atoms with van der Waals surface area (Å²) in [5.74, 6) is 0.963. The van der Waals surface area contributed by atoms with E-state index in [2.05, 4.69) is 15.3 Å². The smallest absolute Gasteiger partial charge is 0.323 e. The van der Waals surface area contributed by atoms with Crippen molar-refractivity contribution in [3.8, 4) is 11.5 Å². The molecule has 4 rings (SSSR count). The van der Waals surface area contributed by atoms with Gasteiger partial charge < -0.3 is 24.8 Å². The lowest BCUT2D eigenvalue weighted by Crippen LogP contribution is -2.04. The Morgan fingerprint density at radius 2 is 1.66 bits per heavy atom. The molecule has 0 amide bonds. The van der Waals surface area contributed by atoms with Crippen LogP contribution in [0.5, 0.6) is 11.5 Å². The summed E-state index contributed by atoms with van der Waals surface area (Å²) in [4.78, 5) is 16.9. The molecule has 0 saturated heterocycles. The van der Waals surface area contributed by atoms with Gasteiger partial charge in [-0.15, -0.1) is 0 Å². The van der Waals surface area contributed by atoms with Crippen molar-refractivity contribution in [3.63, 3.8) is 0 Å². The molecule has 4 aromatic rings. The number of H-pyrrole nitrogens is 2. The fourth-order valence-electron chi connectivity index (χ4n) is 3.29. The first-order chi connectivity index (χ1) is 15.4. The van der Waals surface area contributed by atoms with Crippen molar-refractivity contribution < 1.29 is 9.47 Å². The van der Waals surface area contributed by atoms with Crippen molar-refractivity contribution in [3.05, 3.63) is 85.2 Å². The van der Waals surface area contributed by atoms with E-state index >= 15 is 0 Å². The molecule has 0 saturated carbocycles. The lowest BCUT2D eigenvalue weighted by atomic mass is 10.2. The lowest BCUT2D eigenvalue weighted by molar-refractivity contribution is 0.269. The highest BCUT2D eigenvalue weighted by atomic mass is 35.5. The van der Waals surface area contributed by atoms with E-state index in [1.54, 1.807) is 18.2 Å². The summed E-state index contributed by atoms with van der Waals surface area (Å²) >= 11 is 19.0. The van der Waals surface area contributed by atoms with Gasteiger partial charge >= 0.3 is 5.69 Å². The van der Waals surface area contributed by atoms with Gasteiger partial charge in [-0.25, -0.2) is 4.79 Å². The molecular formula is C23H20Cl3N3O3. The molecule has 3 N–H and O–H groups in total. The van der Waals surface area contributed by atoms with Gasteiger partial charge in [0.05, 0.1) is 22.7 Å². The van der Waals surface area contributed by atoms with Gasteiger partial charge in [0.15, 0.2) is 11.5 Å². The summed E-state index contributed by atoms with van der Waals surface area (Å²) < 4.78 is 11.7. The molecule has 166 valence electrons. The minimum Gasteiger partial charge on any atom is -0.490 e. The molecule has 0 atom stereocenters. The Labute approximate surface area is 199 Å². The van der Waals surface area contributed by atoms with E-state index in [9.17, 15) is 4.79 Å². The molecule has 0 unspecified atom stereocenters. The van der Waals surface area contributed by atoms with Gasteiger partial charge in [-0.1, -0.05) is 40.9 Å². The number of imidazole rings is 1. The van der Waals surface area contributed by atoms with Crippen LogP contribution >= 0.6 is 34.8 Å². The van der Waals surface area contributed by atoms with E-state index in [1.807, 2.05) is 37.3 Å². The van der Waals surface area contributed by atoms with Crippen LogP contribution in [-0.4, -0.2) is 16.6 Å². The van der Waals surface area contributed by atoms with Crippen LogP contribution in [0.25, 0.3) is 11.0 Å². The van der Waals surface area contributed by atoms with Crippen molar-refractivity contribution in [2.75, 3.05) is 11.9 Å². The van der Waals surface area contributed by atoms with Crippen LogP contribution in [0.4, 0.5) is 5.69 Å². The molecule has 0 radical (unpaired) electrons. The minimum atomic E-state index is -0.237. The highest BCUT2D eigenvalue weighted by Gasteiger charge is 2.15. The fourth-order valence-corrected chi connectivity index (χ4v) is 4.08. The number of benzene rings is 3. The fraction of sp³-hybridized carbons (Fsp3) is 0.174. The van der Waals surface area contributed by atoms with Crippen LogP contribution in [0.1, 0.15) is 18.1 Å². The lowest BCUT2D eigenvalue weighted by Gasteiger charge is -2.17. The second-order valence-electron chi connectivity index (χ2n) is 7.02. The van der Waals surface area contributed by atoms with Crippen LogP contribution < -0.4 is 20.5 Å². The SMILES string of the molecule is CCOc1cc(CNc2ccc3[nH]c(=O)[nH]c3c2)cc(Cl)c1OCc1c(Cl)cccc1Cl. The van der Waals surface area contributed by atoms with Crippen LogP contribution in [-0.2, 0) is 13.2 Å². The Hall–Kier alpha value is -2.80.